The third-order valence-electron chi connectivity index (χ3n) is 5.07. The summed E-state index contributed by atoms with van der Waals surface area (Å²) in [6.07, 6.45) is 3.96. The normalized spacial score (nSPS) is 19.7. The molecule has 0 aliphatic heterocycles. The number of aromatic hydroxyl groups is 2. The SMILES string of the molecule is COc1ccc(CC(=O)NC2CCC(c3ccc(O)cc3O)CC2)cc1. The van der Waals surface area contributed by atoms with Gasteiger partial charge in [-0.3, -0.25) is 4.79 Å². The molecule has 5 nitrogen and oxygen atoms in total. The van der Waals surface area contributed by atoms with Gasteiger partial charge < -0.3 is 20.3 Å². The summed E-state index contributed by atoms with van der Waals surface area (Å²) >= 11 is 0. The van der Waals surface area contributed by atoms with Gasteiger partial charge in [0.1, 0.15) is 17.2 Å². The van der Waals surface area contributed by atoms with Crippen LogP contribution in [0.3, 0.4) is 0 Å². The number of nitrogens with one attached hydrogen (secondary N) is 1. The highest BCUT2D eigenvalue weighted by Gasteiger charge is 2.25. The number of ether oxygens (including phenoxy) is 1. The van der Waals surface area contributed by atoms with E-state index in [1.807, 2.05) is 24.3 Å². The second kappa shape index (κ2) is 8.13. The molecule has 138 valence electrons. The van der Waals surface area contributed by atoms with Gasteiger partial charge in [-0.1, -0.05) is 18.2 Å². The Morgan fingerprint density at radius 3 is 2.38 bits per heavy atom. The molecular weight excluding hydrogens is 330 g/mol. The van der Waals surface area contributed by atoms with E-state index in [9.17, 15) is 15.0 Å². The summed E-state index contributed by atoms with van der Waals surface area (Å²) in [5, 5.41) is 22.5. The number of amides is 1. The highest BCUT2D eigenvalue weighted by atomic mass is 16.5. The van der Waals surface area contributed by atoms with Crippen LogP contribution < -0.4 is 10.1 Å². The minimum absolute atomic E-state index is 0.0334. The summed E-state index contributed by atoms with van der Waals surface area (Å²) in [4.78, 5) is 12.3. The summed E-state index contributed by atoms with van der Waals surface area (Å²) in [5.74, 6) is 1.31. The standard InChI is InChI=1S/C21H25NO4/c1-26-18-9-2-14(3-10-18)12-21(25)22-16-6-4-15(5-7-16)19-11-8-17(23)13-20(19)24/h2-3,8-11,13,15-16,23-24H,4-7,12H2,1H3,(H,22,25). The first-order chi connectivity index (χ1) is 12.5. The van der Waals surface area contributed by atoms with Gasteiger partial charge in [-0.05, 0) is 60.9 Å². The van der Waals surface area contributed by atoms with Gasteiger partial charge in [-0.15, -0.1) is 0 Å². The van der Waals surface area contributed by atoms with Gasteiger partial charge in [0, 0.05) is 12.1 Å². The Labute approximate surface area is 153 Å². The predicted molar refractivity (Wildman–Crippen MR) is 99.6 cm³/mol. The molecule has 5 heteroatoms. The number of phenols is 2. The van der Waals surface area contributed by atoms with Crippen molar-refractivity contribution in [2.24, 2.45) is 0 Å². The van der Waals surface area contributed by atoms with Crippen molar-refractivity contribution in [3.05, 3.63) is 53.6 Å². The Morgan fingerprint density at radius 1 is 1.08 bits per heavy atom. The van der Waals surface area contributed by atoms with E-state index < -0.39 is 0 Å². The van der Waals surface area contributed by atoms with Crippen LogP contribution in [0.5, 0.6) is 17.2 Å². The topological polar surface area (TPSA) is 78.8 Å². The van der Waals surface area contributed by atoms with E-state index in [4.69, 9.17) is 4.74 Å². The van der Waals surface area contributed by atoms with E-state index in [2.05, 4.69) is 5.32 Å². The molecule has 26 heavy (non-hydrogen) atoms. The van der Waals surface area contributed by atoms with Crippen LogP contribution in [0.4, 0.5) is 0 Å². The number of hydrogen-bond donors (Lipinski definition) is 3. The van der Waals surface area contributed by atoms with Gasteiger partial charge in [-0.25, -0.2) is 0 Å². The van der Waals surface area contributed by atoms with Crippen LogP contribution >= 0.6 is 0 Å². The zero-order valence-electron chi connectivity index (χ0n) is 14.9. The third-order valence-corrected chi connectivity index (χ3v) is 5.07. The molecule has 0 bridgehead atoms. The molecule has 0 atom stereocenters. The van der Waals surface area contributed by atoms with Crippen molar-refractivity contribution >= 4 is 5.91 Å². The minimum Gasteiger partial charge on any atom is -0.508 e. The number of phenolic OH excluding ortho intramolecular Hbond substituents is 2. The monoisotopic (exact) mass is 355 g/mol. The molecule has 1 aliphatic carbocycles. The number of carbonyl (C=O) groups excluding carboxylic acids is 1. The van der Waals surface area contributed by atoms with E-state index in [1.54, 1.807) is 19.2 Å². The van der Waals surface area contributed by atoms with Gasteiger partial charge in [0.25, 0.3) is 0 Å². The summed E-state index contributed by atoms with van der Waals surface area (Å²) in [6, 6.07) is 12.5. The Hall–Kier alpha value is -2.69. The lowest BCUT2D eigenvalue weighted by Gasteiger charge is -2.29. The summed E-state index contributed by atoms with van der Waals surface area (Å²) in [5.41, 5.74) is 1.84. The van der Waals surface area contributed by atoms with Gasteiger partial charge in [0.2, 0.25) is 5.91 Å². The molecule has 3 N–H and O–H groups in total. The molecule has 1 amide bonds. The van der Waals surface area contributed by atoms with Gasteiger partial charge >= 0.3 is 0 Å². The molecule has 1 aliphatic rings. The van der Waals surface area contributed by atoms with Crippen molar-refractivity contribution in [2.75, 3.05) is 7.11 Å². The number of methoxy groups -OCH3 is 1. The van der Waals surface area contributed by atoms with Crippen molar-refractivity contribution in [3.63, 3.8) is 0 Å². The molecule has 1 fully saturated rings. The first kappa shape index (κ1) is 18.1. The van der Waals surface area contributed by atoms with Gasteiger partial charge in [0.05, 0.1) is 13.5 Å². The first-order valence-corrected chi connectivity index (χ1v) is 8.99. The second-order valence-corrected chi connectivity index (χ2v) is 6.88. The van der Waals surface area contributed by atoms with E-state index >= 15 is 0 Å². The zero-order chi connectivity index (χ0) is 18.5. The van der Waals surface area contributed by atoms with E-state index in [1.165, 1.54) is 6.07 Å². The summed E-state index contributed by atoms with van der Waals surface area (Å²) in [7, 11) is 1.62. The fourth-order valence-corrected chi connectivity index (χ4v) is 3.63. The molecule has 3 rings (SSSR count). The average molecular weight is 355 g/mol. The Kier molecular flexibility index (Phi) is 5.66. The number of hydrogen-bond acceptors (Lipinski definition) is 4. The van der Waals surface area contributed by atoms with Gasteiger partial charge in [-0.2, -0.15) is 0 Å². The van der Waals surface area contributed by atoms with E-state index in [0.717, 1.165) is 42.6 Å². The van der Waals surface area contributed by atoms with Crippen LogP contribution in [0.1, 0.15) is 42.7 Å². The largest absolute Gasteiger partial charge is 0.508 e. The highest BCUT2D eigenvalue weighted by Crippen LogP contribution is 2.38. The van der Waals surface area contributed by atoms with Crippen molar-refractivity contribution in [2.45, 2.75) is 44.1 Å². The Bertz CT molecular complexity index is 749. The van der Waals surface area contributed by atoms with Crippen molar-refractivity contribution in [3.8, 4) is 17.2 Å². The van der Waals surface area contributed by atoms with Crippen LogP contribution in [0.2, 0.25) is 0 Å². The predicted octanol–water partition coefficient (Wildman–Crippen LogP) is 3.49. The maximum atomic E-state index is 12.3. The summed E-state index contributed by atoms with van der Waals surface area (Å²) in [6.45, 7) is 0. The molecule has 2 aromatic carbocycles. The van der Waals surface area contributed by atoms with E-state index in [0.29, 0.717) is 6.42 Å². The van der Waals surface area contributed by atoms with Crippen LogP contribution in [0.25, 0.3) is 0 Å². The second-order valence-electron chi connectivity index (χ2n) is 6.88. The van der Waals surface area contributed by atoms with Crippen LogP contribution in [0.15, 0.2) is 42.5 Å². The lowest BCUT2D eigenvalue weighted by molar-refractivity contribution is -0.121. The van der Waals surface area contributed by atoms with Crippen LogP contribution in [0, 0.1) is 0 Å². The fourth-order valence-electron chi connectivity index (χ4n) is 3.63. The molecule has 0 spiro atoms. The van der Waals surface area contributed by atoms with Crippen LogP contribution in [-0.4, -0.2) is 29.3 Å². The molecule has 1 saturated carbocycles. The zero-order valence-corrected chi connectivity index (χ0v) is 14.9. The molecule has 0 unspecified atom stereocenters. The Morgan fingerprint density at radius 2 is 1.77 bits per heavy atom. The lowest BCUT2D eigenvalue weighted by atomic mass is 9.81. The maximum absolute atomic E-state index is 12.3. The minimum atomic E-state index is 0.0334. The average Bonchev–Trinajstić information content (AvgIpc) is 2.63. The third kappa shape index (κ3) is 4.48. The summed E-state index contributed by atoms with van der Waals surface area (Å²) < 4.78 is 5.12. The molecule has 0 saturated heterocycles. The number of carbonyl (C=O) groups is 1. The number of benzene rings is 2. The van der Waals surface area contributed by atoms with Crippen LogP contribution in [-0.2, 0) is 11.2 Å². The number of rotatable bonds is 5. The molecule has 0 heterocycles. The molecule has 0 aromatic heterocycles. The van der Waals surface area contributed by atoms with E-state index in [-0.39, 0.29) is 29.4 Å². The van der Waals surface area contributed by atoms with Crippen molar-refractivity contribution in [1.29, 1.82) is 0 Å². The molecule has 0 radical (unpaired) electrons. The fraction of sp³-hybridized carbons (Fsp3) is 0.381. The van der Waals surface area contributed by atoms with Gasteiger partial charge in [0.15, 0.2) is 0 Å². The highest BCUT2D eigenvalue weighted by molar-refractivity contribution is 5.78. The molecule has 2 aromatic rings. The maximum Gasteiger partial charge on any atom is 0.224 e. The quantitative estimate of drug-likeness (QED) is 0.767. The first-order valence-electron chi connectivity index (χ1n) is 8.99. The smallest absolute Gasteiger partial charge is 0.224 e. The lowest BCUT2D eigenvalue weighted by Crippen LogP contribution is -2.38. The Balaban J connectivity index is 1.49. The van der Waals surface area contributed by atoms with Crippen molar-refractivity contribution in [1.82, 2.24) is 5.32 Å². The molecular formula is C21H25NO4. The van der Waals surface area contributed by atoms with Crippen molar-refractivity contribution < 1.29 is 19.7 Å².